The highest BCUT2D eigenvalue weighted by Gasteiger charge is 2.40. The molecule has 2 atom stereocenters. The molecule has 18 heavy (non-hydrogen) atoms. The number of nitrogens with zero attached hydrogens (tertiary/aromatic N) is 1. The lowest BCUT2D eigenvalue weighted by Crippen LogP contribution is -2.34. The molecule has 1 aliphatic heterocycles. The van der Waals surface area contributed by atoms with Crippen molar-refractivity contribution < 1.29 is 14.7 Å². The first-order chi connectivity index (χ1) is 8.61. The van der Waals surface area contributed by atoms with Crippen LogP contribution in [0.3, 0.4) is 0 Å². The van der Waals surface area contributed by atoms with E-state index in [9.17, 15) is 14.7 Å². The summed E-state index contributed by atoms with van der Waals surface area (Å²) >= 11 is 0. The Bertz CT molecular complexity index is 416. The number of imide groups is 1. The molecule has 1 aliphatic rings. The highest BCUT2D eigenvalue weighted by Crippen LogP contribution is 2.26. The van der Waals surface area contributed by atoms with Crippen LogP contribution in [0.1, 0.15) is 38.8 Å². The van der Waals surface area contributed by atoms with E-state index in [1.54, 1.807) is 6.92 Å². The van der Waals surface area contributed by atoms with Crippen molar-refractivity contribution in [3.05, 3.63) is 35.9 Å². The Hall–Kier alpha value is -1.68. The van der Waals surface area contributed by atoms with Gasteiger partial charge in [0.05, 0.1) is 12.5 Å². The van der Waals surface area contributed by atoms with Crippen LogP contribution in [0.2, 0.25) is 0 Å². The largest absolute Gasteiger partial charge is 0.383 e. The Morgan fingerprint density at radius 1 is 1.22 bits per heavy atom. The van der Waals surface area contributed by atoms with Crippen molar-refractivity contribution in [3.8, 4) is 0 Å². The van der Waals surface area contributed by atoms with E-state index in [1.807, 2.05) is 44.2 Å². The van der Waals surface area contributed by atoms with Crippen molar-refractivity contribution in [1.29, 1.82) is 0 Å². The predicted octanol–water partition coefficient (Wildman–Crippen LogP) is 1.89. The second kappa shape index (κ2) is 6.31. The number of likely N-dealkylation sites (tertiary alicyclic amines) is 1. The fourth-order valence-corrected chi connectivity index (χ4v) is 1.92. The molecule has 4 nitrogen and oxygen atoms in total. The molecule has 1 saturated heterocycles. The zero-order valence-corrected chi connectivity index (χ0v) is 11.0. The average molecular weight is 249 g/mol. The molecule has 0 bridgehead atoms. The van der Waals surface area contributed by atoms with Gasteiger partial charge in [0, 0.05) is 0 Å². The second-order valence-electron chi connectivity index (χ2n) is 3.91. The van der Waals surface area contributed by atoms with Crippen molar-refractivity contribution in [2.24, 2.45) is 0 Å². The van der Waals surface area contributed by atoms with Crippen molar-refractivity contribution in [2.45, 2.75) is 39.3 Å². The van der Waals surface area contributed by atoms with E-state index < -0.39 is 12.0 Å². The lowest BCUT2D eigenvalue weighted by molar-refractivity contribution is -0.143. The van der Waals surface area contributed by atoms with E-state index in [0.29, 0.717) is 0 Å². The molecule has 0 spiro atoms. The van der Waals surface area contributed by atoms with E-state index in [-0.39, 0.29) is 18.4 Å². The maximum Gasteiger partial charge on any atom is 0.259 e. The van der Waals surface area contributed by atoms with Gasteiger partial charge >= 0.3 is 0 Å². The van der Waals surface area contributed by atoms with Crippen molar-refractivity contribution >= 4 is 11.8 Å². The number of rotatable bonds is 2. The lowest BCUT2D eigenvalue weighted by atomic mass is 10.1. The van der Waals surface area contributed by atoms with Crippen molar-refractivity contribution in [3.63, 3.8) is 0 Å². The number of carbonyl (C=O) groups is 2. The number of benzene rings is 1. The van der Waals surface area contributed by atoms with Gasteiger partial charge in [-0.1, -0.05) is 44.2 Å². The quantitative estimate of drug-likeness (QED) is 0.814. The van der Waals surface area contributed by atoms with Crippen LogP contribution >= 0.6 is 0 Å². The third kappa shape index (κ3) is 2.76. The Morgan fingerprint density at radius 3 is 2.22 bits per heavy atom. The number of aliphatic hydroxyl groups excluding tert-OH is 1. The van der Waals surface area contributed by atoms with Crippen LogP contribution in [0.4, 0.5) is 0 Å². The third-order valence-corrected chi connectivity index (χ3v) is 2.83. The molecule has 1 aromatic rings. The third-order valence-electron chi connectivity index (χ3n) is 2.83. The molecule has 0 aromatic heterocycles. The Balaban J connectivity index is 0.000000771. The minimum absolute atomic E-state index is 0.101. The van der Waals surface area contributed by atoms with E-state index in [2.05, 4.69) is 0 Å². The summed E-state index contributed by atoms with van der Waals surface area (Å²) in [5.74, 6) is -0.810. The predicted molar refractivity (Wildman–Crippen MR) is 68.7 cm³/mol. The van der Waals surface area contributed by atoms with E-state index in [1.165, 1.54) is 0 Å². The molecule has 4 heteroatoms. The molecule has 0 saturated carbocycles. The summed E-state index contributed by atoms with van der Waals surface area (Å²) in [6, 6.07) is 8.98. The Morgan fingerprint density at radius 2 is 1.78 bits per heavy atom. The summed E-state index contributed by atoms with van der Waals surface area (Å²) in [5.41, 5.74) is 0.887. The van der Waals surface area contributed by atoms with E-state index >= 15 is 0 Å². The number of carbonyl (C=O) groups excluding carboxylic acids is 2. The first kappa shape index (κ1) is 14.4. The molecule has 98 valence electrons. The fourth-order valence-electron chi connectivity index (χ4n) is 1.92. The monoisotopic (exact) mass is 249 g/mol. The number of hydrogen-bond donors (Lipinski definition) is 1. The number of aliphatic hydroxyl groups is 1. The fraction of sp³-hybridized carbons (Fsp3) is 0.429. The summed E-state index contributed by atoms with van der Waals surface area (Å²) in [4.78, 5) is 24.3. The molecular formula is C14H19NO3. The topological polar surface area (TPSA) is 57.6 Å². The van der Waals surface area contributed by atoms with Crippen molar-refractivity contribution in [2.75, 3.05) is 0 Å². The molecule has 2 amide bonds. The highest BCUT2D eigenvalue weighted by atomic mass is 16.3. The number of amides is 2. The summed E-state index contributed by atoms with van der Waals surface area (Å²) in [5, 5.41) is 9.32. The zero-order valence-electron chi connectivity index (χ0n) is 11.0. The Kier molecular flexibility index (Phi) is 5.04. The summed E-state index contributed by atoms with van der Waals surface area (Å²) in [6.07, 6.45) is -1.27. The van der Waals surface area contributed by atoms with E-state index in [0.717, 1.165) is 10.5 Å². The molecule has 1 aromatic carbocycles. The maximum absolute atomic E-state index is 11.6. The minimum atomic E-state index is -1.17. The molecule has 0 radical (unpaired) electrons. The molecule has 1 fully saturated rings. The average Bonchev–Trinajstić information content (AvgIpc) is 2.66. The van der Waals surface area contributed by atoms with Crippen LogP contribution in [0.15, 0.2) is 30.3 Å². The van der Waals surface area contributed by atoms with Gasteiger partial charge in [0.25, 0.3) is 5.91 Å². The minimum Gasteiger partial charge on any atom is -0.383 e. The molecule has 2 rings (SSSR count). The molecule has 1 N–H and O–H groups in total. The summed E-state index contributed by atoms with van der Waals surface area (Å²) in [7, 11) is 0. The van der Waals surface area contributed by atoms with Crippen LogP contribution in [0, 0.1) is 0 Å². The van der Waals surface area contributed by atoms with Gasteiger partial charge < -0.3 is 5.11 Å². The van der Waals surface area contributed by atoms with Gasteiger partial charge in [-0.25, -0.2) is 0 Å². The SMILES string of the molecule is CC.CC(c1ccccc1)N1C(=O)CC(O)C1=O. The van der Waals surface area contributed by atoms with Gasteiger partial charge in [0.1, 0.15) is 6.10 Å². The second-order valence-corrected chi connectivity index (χ2v) is 3.91. The smallest absolute Gasteiger partial charge is 0.259 e. The van der Waals surface area contributed by atoms with Crippen LogP contribution in [0.25, 0.3) is 0 Å². The van der Waals surface area contributed by atoms with Gasteiger partial charge in [0.15, 0.2) is 0 Å². The van der Waals surface area contributed by atoms with Gasteiger partial charge in [-0.15, -0.1) is 0 Å². The van der Waals surface area contributed by atoms with Gasteiger partial charge in [-0.2, -0.15) is 0 Å². The molecule has 0 aliphatic carbocycles. The number of hydrogen-bond acceptors (Lipinski definition) is 3. The summed E-state index contributed by atoms with van der Waals surface area (Å²) < 4.78 is 0. The normalized spacial score (nSPS) is 20.4. The maximum atomic E-state index is 11.6. The zero-order chi connectivity index (χ0) is 13.7. The lowest BCUT2D eigenvalue weighted by Gasteiger charge is -2.22. The van der Waals surface area contributed by atoms with Crippen LogP contribution in [-0.2, 0) is 9.59 Å². The van der Waals surface area contributed by atoms with Crippen molar-refractivity contribution in [1.82, 2.24) is 4.90 Å². The molecule has 2 unspecified atom stereocenters. The van der Waals surface area contributed by atoms with Gasteiger partial charge in [-0.3, -0.25) is 14.5 Å². The van der Waals surface area contributed by atoms with Crippen LogP contribution in [-0.4, -0.2) is 27.9 Å². The highest BCUT2D eigenvalue weighted by molar-refractivity contribution is 6.05. The van der Waals surface area contributed by atoms with Crippen LogP contribution < -0.4 is 0 Å². The van der Waals surface area contributed by atoms with Gasteiger partial charge in [-0.05, 0) is 12.5 Å². The Labute approximate surface area is 107 Å². The van der Waals surface area contributed by atoms with E-state index in [4.69, 9.17) is 0 Å². The standard InChI is InChI=1S/C12H13NO3.C2H6/c1-8(9-5-3-2-4-6-9)13-11(15)7-10(14)12(13)16;1-2/h2-6,8,10,14H,7H2,1H3;1-2H3. The van der Waals surface area contributed by atoms with Gasteiger partial charge in [0.2, 0.25) is 5.91 Å². The van der Waals surface area contributed by atoms with Crippen LogP contribution in [0.5, 0.6) is 0 Å². The first-order valence-electron chi connectivity index (χ1n) is 6.20. The summed E-state index contributed by atoms with van der Waals surface area (Å²) in [6.45, 7) is 5.78. The molecular weight excluding hydrogens is 230 g/mol. The molecule has 1 heterocycles. The first-order valence-corrected chi connectivity index (χ1v) is 6.20.